The third-order valence-electron chi connectivity index (χ3n) is 2.25. The zero-order valence-corrected chi connectivity index (χ0v) is 11.3. The fourth-order valence-electron chi connectivity index (χ4n) is 1.57. The molecule has 1 aliphatic heterocycles. The number of alkyl carbamates (subject to hydrolysis) is 1. The number of ether oxygens (including phenoxy) is 1. The van der Waals surface area contributed by atoms with Gasteiger partial charge in [0.2, 0.25) is 0 Å². The molecule has 0 spiro atoms. The van der Waals surface area contributed by atoms with Crippen LogP contribution in [0.5, 0.6) is 0 Å². The van der Waals surface area contributed by atoms with Crippen LogP contribution in [-0.4, -0.2) is 41.7 Å². The van der Waals surface area contributed by atoms with Crippen LogP contribution in [0.3, 0.4) is 0 Å². The molecule has 1 saturated heterocycles. The number of carbonyl (C=O) groups is 1. The van der Waals surface area contributed by atoms with E-state index in [0.717, 1.165) is 6.42 Å². The highest BCUT2D eigenvalue weighted by molar-refractivity contribution is 5.85. The van der Waals surface area contributed by atoms with Crippen LogP contribution in [0, 0.1) is 5.41 Å². The van der Waals surface area contributed by atoms with Crippen LogP contribution in [-0.2, 0) is 4.74 Å². The second kappa shape index (κ2) is 5.95. The van der Waals surface area contributed by atoms with Crippen LogP contribution in [0.4, 0.5) is 4.79 Å². The molecule has 6 nitrogen and oxygen atoms in total. The molecule has 1 amide bonds. The van der Waals surface area contributed by atoms with Gasteiger partial charge in [0.05, 0.1) is 6.04 Å². The number of hydrogen-bond donors (Lipinski definition) is 3. The molecule has 0 radical (unpaired) electrons. The first-order valence-electron chi connectivity index (χ1n) is 5.36. The molecule has 4 N–H and O–H groups in total. The van der Waals surface area contributed by atoms with Crippen molar-refractivity contribution in [3.63, 3.8) is 0 Å². The first-order chi connectivity index (χ1) is 7.28. The summed E-state index contributed by atoms with van der Waals surface area (Å²) >= 11 is 0. The smallest absolute Gasteiger partial charge is 0.407 e. The van der Waals surface area contributed by atoms with Crippen molar-refractivity contribution < 1.29 is 9.53 Å². The number of carbonyl (C=O) groups excluding carboxylic acids is 1. The lowest BCUT2D eigenvalue weighted by Crippen LogP contribution is -2.42. The van der Waals surface area contributed by atoms with Gasteiger partial charge in [0.25, 0.3) is 0 Å². The summed E-state index contributed by atoms with van der Waals surface area (Å²) in [5, 5.41) is 10.0. The second-order valence-electron chi connectivity index (χ2n) is 4.96. The molecule has 1 aliphatic rings. The Bertz CT molecular complexity index is 291. The van der Waals surface area contributed by atoms with Crippen LogP contribution >= 0.6 is 12.4 Å². The largest absolute Gasteiger partial charge is 0.444 e. The number of guanidine groups is 1. The fourth-order valence-corrected chi connectivity index (χ4v) is 1.57. The molecule has 0 aromatic carbocycles. The molecule has 1 rings (SSSR count). The lowest BCUT2D eigenvalue weighted by atomic mass is 10.2. The highest BCUT2D eigenvalue weighted by Gasteiger charge is 2.26. The maximum Gasteiger partial charge on any atom is 0.407 e. The standard InChI is InChI=1S/C10H20N4O2.ClH/c1-10(2,3)16-9(15)13-7-4-5-14(6-7)8(11)12;/h7H,4-6H2,1-3H3,(H3,11,12)(H,13,15);1H/t7-;/m1./s1. The fraction of sp³-hybridized carbons (Fsp3) is 0.800. The van der Waals surface area contributed by atoms with E-state index < -0.39 is 11.7 Å². The Morgan fingerprint density at radius 3 is 2.53 bits per heavy atom. The zero-order valence-electron chi connectivity index (χ0n) is 10.4. The van der Waals surface area contributed by atoms with E-state index in [9.17, 15) is 4.79 Å². The molecule has 0 aromatic rings. The summed E-state index contributed by atoms with van der Waals surface area (Å²) in [6, 6.07) is 0.0127. The summed E-state index contributed by atoms with van der Waals surface area (Å²) < 4.78 is 5.14. The number of hydrogen-bond acceptors (Lipinski definition) is 3. The van der Waals surface area contributed by atoms with Gasteiger partial charge in [0.1, 0.15) is 5.60 Å². The maximum absolute atomic E-state index is 11.5. The van der Waals surface area contributed by atoms with Gasteiger partial charge in [-0.1, -0.05) is 0 Å². The van der Waals surface area contributed by atoms with E-state index in [4.69, 9.17) is 15.9 Å². The van der Waals surface area contributed by atoms with Crippen LogP contribution < -0.4 is 11.1 Å². The molecule has 100 valence electrons. The van der Waals surface area contributed by atoms with E-state index in [2.05, 4.69) is 5.32 Å². The van der Waals surface area contributed by atoms with Crippen molar-refractivity contribution in [2.45, 2.75) is 38.8 Å². The maximum atomic E-state index is 11.5. The van der Waals surface area contributed by atoms with E-state index in [-0.39, 0.29) is 24.4 Å². The van der Waals surface area contributed by atoms with Crippen molar-refractivity contribution in [1.29, 1.82) is 5.41 Å². The third-order valence-corrected chi connectivity index (χ3v) is 2.25. The van der Waals surface area contributed by atoms with Crippen LogP contribution in [0.2, 0.25) is 0 Å². The van der Waals surface area contributed by atoms with Gasteiger partial charge in [-0.2, -0.15) is 0 Å². The van der Waals surface area contributed by atoms with E-state index in [1.54, 1.807) is 4.90 Å². The highest BCUT2D eigenvalue weighted by atomic mass is 35.5. The molecular weight excluding hydrogens is 244 g/mol. The third kappa shape index (κ3) is 5.63. The monoisotopic (exact) mass is 264 g/mol. The van der Waals surface area contributed by atoms with E-state index in [1.807, 2.05) is 20.8 Å². The van der Waals surface area contributed by atoms with Crippen molar-refractivity contribution in [2.75, 3.05) is 13.1 Å². The molecule has 1 fully saturated rings. The molecule has 1 atom stereocenters. The minimum absolute atomic E-state index is 0. The van der Waals surface area contributed by atoms with Gasteiger partial charge in [0, 0.05) is 13.1 Å². The average Bonchev–Trinajstić information content (AvgIpc) is 2.48. The minimum atomic E-state index is -0.483. The Balaban J connectivity index is 0.00000256. The number of nitrogens with one attached hydrogen (secondary N) is 2. The van der Waals surface area contributed by atoms with Crippen LogP contribution in [0.15, 0.2) is 0 Å². The SMILES string of the molecule is CC(C)(C)OC(=O)N[C@@H]1CCN(C(=N)N)C1.Cl. The second-order valence-corrected chi connectivity index (χ2v) is 4.96. The van der Waals surface area contributed by atoms with Gasteiger partial charge in [-0.05, 0) is 27.2 Å². The van der Waals surface area contributed by atoms with E-state index in [1.165, 1.54) is 0 Å². The van der Waals surface area contributed by atoms with Gasteiger partial charge in [-0.15, -0.1) is 12.4 Å². The summed E-state index contributed by atoms with van der Waals surface area (Å²) in [5.41, 5.74) is 4.87. The Hall–Kier alpha value is -1.17. The highest BCUT2D eigenvalue weighted by Crippen LogP contribution is 2.10. The quantitative estimate of drug-likeness (QED) is 0.485. The summed E-state index contributed by atoms with van der Waals surface area (Å²) in [4.78, 5) is 13.2. The predicted octanol–water partition coefficient (Wildman–Crippen LogP) is 0.901. The molecule has 0 aromatic heterocycles. The van der Waals surface area contributed by atoms with Crippen molar-refractivity contribution in [1.82, 2.24) is 10.2 Å². The Kier molecular flexibility index (Phi) is 5.54. The van der Waals surface area contributed by atoms with Crippen molar-refractivity contribution in [2.24, 2.45) is 5.73 Å². The molecular formula is C10H21ClN4O2. The number of rotatable bonds is 1. The molecule has 17 heavy (non-hydrogen) atoms. The van der Waals surface area contributed by atoms with Gasteiger partial charge in [-0.25, -0.2) is 4.79 Å². The van der Waals surface area contributed by atoms with E-state index >= 15 is 0 Å². The number of nitrogens with zero attached hydrogens (tertiary/aromatic N) is 1. The summed E-state index contributed by atoms with van der Waals surface area (Å²) in [5.74, 6) is 0.0495. The first kappa shape index (κ1) is 15.8. The zero-order chi connectivity index (χ0) is 12.3. The molecule has 1 heterocycles. The predicted molar refractivity (Wildman–Crippen MR) is 68.5 cm³/mol. The molecule has 0 saturated carbocycles. The lowest BCUT2D eigenvalue weighted by Gasteiger charge is -2.22. The number of likely N-dealkylation sites (tertiary alicyclic amines) is 1. The summed E-state index contributed by atoms with van der Waals surface area (Å²) in [6.45, 7) is 6.75. The first-order valence-corrected chi connectivity index (χ1v) is 5.36. The summed E-state index contributed by atoms with van der Waals surface area (Å²) in [6.07, 6.45) is 0.377. The topological polar surface area (TPSA) is 91.4 Å². The Morgan fingerprint density at radius 2 is 2.12 bits per heavy atom. The van der Waals surface area contributed by atoms with Crippen molar-refractivity contribution in [3.8, 4) is 0 Å². The molecule has 0 unspecified atom stereocenters. The number of nitrogens with two attached hydrogens (primary N) is 1. The number of amides is 1. The van der Waals surface area contributed by atoms with Gasteiger partial charge in [0.15, 0.2) is 5.96 Å². The lowest BCUT2D eigenvalue weighted by molar-refractivity contribution is 0.0507. The Labute approximate surface area is 108 Å². The minimum Gasteiger partial charge on any atom is -0.444 e. The van der Waals surface area contributed by atoms with Crippen LogP contribution in [0.25, 0.3) is 0 Å². The Morgan fingerprint density at radius 1 is 1.53 bits per heavy atom. The normalized spacial score (nSPS) is 19.5. The molecule has 7 heteroatoms. The molecule has 0 aliphatic carbocycles. The van der Waals surface area contributed by atoms with Crippen molar-refractivity contribution in [3.05, 3.63) is 0 Å². The average molecular weight is 265 g/mol. The molecule has 0 bridgehead atoms. The van der Waals surface area contributed by atoms with Gasteiger partial charge in [-0.3, -0.25) is 5.41 Å². The van der Waals surface area contributed by atoms with Gasteiger partial charge >= 0.3 is 6.09 Å². The summed E-state index contributed by atoms with van der Waals surface area (Å²) in [7, 11) is 0. The number of halogens is 1. The van der Waals surface area contributed by atoms with Gasteiger partial charge < -0.3 is 20.7 Å². The van der Waals surface area contributed by atoms with E-state index in [0.29, 0.717) is 13.1 Å². The van der Waals surface area contributed by atoms with Crippen molar-refractivity contribution >= 4 is 24.5 Å². The van der Waals surface area contributed by atoms with Crippen LogP contribution in [0.1, 0.15) is 27.2 Å².